The molecule has 1 aromatic carbocycles. The smallest absolute Gasteiger partial charge is 0.178 e. The molecule has 0 unspecified atom stereocenters. The molecule has 0 aromatic heterocycles. The van der Waals surface area contributed by atoms with Crippen molar-refractivity contribution in [2.24, 2.45) is 5.92 Å². The van der Waals surface area contributed by atoms with Gasteiger partial charge in [0.15, 0.2) is 9.84 Å². The van der Waals surface area contributed by atoms with Crippen LogP contribution in [0.2, 0.25) is 0 Å². The van der Waals surface area contributed by atoms with Crippen molar-refractivity contribution in [2.75, 3.05) is 23.7 Å². The van der Waals surface area contributed by atoms with Crippen molar-refractivity contribution in [3.63, 3.8) is 0 Å². The molecule has 1 heterocycles. The molecule has 0 amide bonds. The molecule has 0 radical (unpaired) electrons. The second-order valence-electron chi connectivity index (χ2n) is 5.27. The third kappa shape index (κ3) is 3.20. The number of hydrogen-bond donors (Lipinski definition) is 0. The number of rotatable bonds is 4. The molecule has 2 rings (SSSR count). The fraction of sp³-hybridized carbons (Fsp3) is 0.533. The summed E-state index contributed by atoms with van der Waals surface area (Å²) in [4.78, 5) is 13.9. The molecule has 110 valence electrons. The van der Waals surface area contributed by atoms with Crippen LogP contribution >= 0.6 is 0 Å². The molecule has 1 fully saturated rings. The molecule has 4 nitrogen and oxygen atoms in total. The van der Waals surface area contributed by atoms with E-state index >= 15 is 0 Å². The van der Waals surface area contributed by atoms with E-state index < -0.39 is 9.84 Å². The van der Waals surface area contributed by atoms with Gasteiger partial charge in [-0.1, -0.05) is 6.92 Å². The lowest BCUT2D eigenvalue weighted by Gasteiger charge is -2.32. The molecule has 0 aliphatic carbocycles. The Morgan fingerprint density at radius 1 is 1.20 bits per heavy atom. The van der Waals surface area contributed by atoms with Gasteiger partial charge in [0.1, 0.15) is 5.78 Å². The minimum absolute atomic E-state index is 0.121. The maximum absolute atomic E-state index is 11.8. The minimum atomic E-state index is -3.13. The molecule has 1 aromatic rings. The van der Waals surface area contributed by atoms with Crippen molar-refractivity contribution < 1.29 is 13.2 Å². The van der Waals surface area contributed by atoms with Crippen LogP contribution in [0.3, 0.4) is 0 Å². The Bertz CT molecular complexity index is 570. The third-order valence-corrected chi connectivity index (χ3v) is 5.76. The summed E-state index contributed by atoms with van der Waals surface area (Å²) in [6, 6.07) is 7.06. The van der Waals surface area contributed by atoms with E-state index in [0.717, 1.165) is 31.6 Å². The number of sulfone groups is 1. The van der Waals surface area contributed by atoms with Crippen LogP contribution in [-0.4, -0.2) is 33.0 Å². The molecular weight excluding hydrogens is 274 g/mol. The Kier molecular flexibility index (Phi) is 4.48. The number of anilines is 1. The fourth-order valence-electron chi connectivity index (χ4n) is 2.58. The van der Waals surface area contributed by atoms with E-state index in [4.69, 9.17) is 0 Å². The lowest BCUT2D eigenvalue weighted by atomic mass is 9.93. The summed E-state index contributed by atoms with van der Waals surface area (Å²) in [5.41, 5.74) is 1.03. The first-order valence-electron chi connectivity index (χ1n) is 7.02. The molecule has 1 aliphatic heterocycles. The van der Waals surface area contributed by atoms with Gasteiger partial charge in [-0.15, -0.1) is 0 Å². The van der Waals surface area contributed by atoms with Gasteiger partial charge in [-0.05, 0) is 44.0 Å². The molecule has 20 heavy (non-hydrogen) atoms. The highest BCUT2D eigenvalue weighted by molar-refractivity contribution is 7.91. The van der Waals surface area contributed by atoms with E-state index in [-0.39, 0.29) is 17.5 Å². The van der Waals surface area contributed by atoms with Crippen molar-refractivity contribution in [3.8, 4) is 0 Å². The van der Waals surface area contributed by atoms with E-state index in [1.165, 1.54) is 0 Å². The highest BCUT2D eigenvalue weighted by atomic mass is 32.2. The summed E-state index contributed by atoms with van der Waals surface area (Å²) < 4.78 is 23.5. The lowest BCUT2D eigenvalue weighted by molar-refractivity contribution is -0.121. The average Bonchev–Trinajstić information content (AvgIpc) is 2.47. The highest BCUT2D eigenvalue weighted by Gasteiger charge is 2.22. The molecule has 0 saturated carbocycles. The van der Waals surface area contributed by atoms with E-state index in [0.29, 0.717) is 4.90 Å². The zero-order chi connectivity index (χ0) is 14.8. The van der Waals surface area contributed by atoms with Crippen molar-refractivity contribution in [1.82, 2.24) is 0 Å². The predicted molar refractivity (Wildman–Crippen MR) is 79.8 cm³/mol. The molecule has 5 heteroatoms. The zero-order valence-electron chi connectivity index (χ0n) is 12.0. The van der Waals surface area contributed by atoms with Gasteiger partial charge in [0, 0.05) is 24.7 Å². The van der Waals surface area contributed by atoms with Gasteiger partial charge in [0.05, 0.1) is 10.6 Å². The first-order chi connectivity index (χ1) is 9.44. The molecule has 0 bridgehead atoms. The Hall–Kier alpha value is -1.36. The highest BCUT2D eigenvalue weighted by Crippen LogP contribution is 2.25. The van der Waals surface area contributed by atoms with Gasteiger partial charge in [-0.25, -0.2) is 8.42 Å². The number of benzene rings is 1. The quantitative estimate of drug-likeness (QED) is 0.855. The second-order valence-corrected chi connectivity index (χ2v) is 7.55. The van der Waals surface area contributed by atoms with E-state index in [1.807, 2.05) is 12.1 Å². The van der Waals surface area contributed by atoms with Gasteiger partial charge in [-0.2, -0.15) is 0 Å². The SMILES string of the molecule is CCS(=O)(=O)c1ccc(N2CCC(C(C)=O)CC2)cc1. The maximum Gasteiger partial charge on any atom is 0.178 e. The van der Waals surface area contributed by atoms with Crippen molar-refractivity contribution in [3.05, 3.63) is 24.3 Å². The topological polar surface area (TPSA) is 54.5 Å². The molecule has 0 N–H and O–H groups in total. The van der Waals surface area contributed by atoms with Gasteiger partial charge >= 0.3 is 0 Å². The van der Waals surface area contributed by atoms with Crippen molar-refractivity contribution >= 4 is 21.3 Å². The number of piperidine rings is 1. The molecule has 1 aliphatic rings. The normalized spacial score (nSPS) is 17.2. The average molecular weight is 295 g/mol. The molecule has 1 saturated heterocycles. The van der Waals surface area contributed by atoms with E-state index in [2.05, 4.69) is 4.90 Å². The van der Waals surface area contributed by atoms with Crippen LogP contribution in [0.25, 0.3) is 0 Å². The first-order valence-corrected chi connectivity index (χ1v) is 8.67. The summed E-state index contributed by atoms with van der Waals surface area (Å²) in [7, 11) is -3.13. The number of nitrogens with zero attached hydrogens (tertiary/aromatic N) is 1. The standard InChI is InChI=1S/C15H21NO3S/c1-3-20(18,19)15-6-4-14(5-7-15)16-10-8-13(9-11-16)12(2)17/h4-7,13H,3,8-11H2,1-2H3. The first kappa shape index (κ1) is 15.0. The summed E-state index contributed by atoms with van der Waals surface area (Å²) in [6.07, 6.45) is 1.76. The van der Waals surface area contributed by atoms with Crippen LogP contribution < -0.4 is 4.90 Å². The zero-order valence-corrected chi connectivity index (χ0v) is 12.8. The monoisotopic (exact) mass is 295 g/mol. The lowest BCUT2D eigenvalue weighted by Crippen LogP contribution is -2.35. The Labute approximate surface area is 120 Å². The molecule has 0 atom stereocenters. The fourth-order valence-corrected chi connectivity index (χ4v) is 3.46. The number of hydrogen-bond acceptors (Lipinski definition) is 4. The second kappa shape index (κ2) is 5.95. The summed E-state index contributed by atoms with van der Waals surface area (Å²) in [6.45, 7) is 5.01. The molecule has 0 spiro atoms. The van der Waals surface area contributed by atoms with Gasteiger partial charge < -0.3 is 4.90 Å². The predicted octanol–water partition coefficient (Wildman–Crippen LogP) is 2.29. The summed E-state index contributed by atoms with van der Waals surface area (Å²) in [5, 5.41) is 0. The van der Waals surface area contributed by atoms with E-state index in [9.17, 15) is 13.2 Å². The Morgan fingerprint density at radius 3 is 2.20 bits per heavy atom. The Morgan fingerprint density at radius 2 is 1.75 bits per heavy atom. The van der Waals surface area contributed by atoms with E-state index in [1.54, 1.807) is 26.0 Å². The number of ketones is 1. The number of Topliss-reactive ketones (excluding diaryl/α,β-unsaturated/α-hetero) is 1. The van der Waals surface area contributed by atoms with Crippen LogP contribution in [0, 0.1) is 5.92 Å². The third-order valence-electron chi connectivity index (χ3n) is 4.01. The minimum Gasteiger partial charge on any atom is -0.371 e. The van der Waals surface area contributed by atoms with Crippen LogP contribution in [0.15, 0.2) is 29.2 Å². The van der Waals surface area contributed by atoms with Crippen LogP contribution in [-0.2, 0) is 14.6 Å². The summed E-state index contributed by atoms with van der Waals surface area (Å²) >= 11 is 0. The van der Waals surface area contributed by atoms with Gasteiger partial charge in [0.2, 0.25) is 0 Å². The Balaban J connectivity index is 2.07. The summed E-state index contributed by atoms with van der Waals surface area (Å²) in [5.74, 6) is 0.580. The number of carbonyl (C=O) groups excluding carboxylic acids is 1. The van der Waals surface area contributed by atoms with Gasteiger partial charge in [-0.3, -0.25) is 4.79 Å². The van der Waals surface area contributed by atoms with Crippen LogP contribution in [0.4, 0.5) is 5.69 Å². The largest absolute Gasteiger partial charge is 0.371 e. The number of carbonyl (C=O) groups is 1. The van der Waals surface area contributed by atoms with Crippen LogP contribution in [0.1, 0.15) is 26.7 Å². The molecular formula is C15H21NO3S. The maximum atomic E-state index is 11.8. The van der Waals surface area contributed by atoms with Gasteiger partial charge in [0.25, 0.3) is 0 Å². The van der Waals surface area contributed by atoms with Crippen molar-refractivity contribution in [2.45, 2.75) is 31.6 Å². The van der Waals surface area contributed by atoms with Crippen molar-refractivity contribution in [1.29, 1.82) is 0 Å². The van der Waals surface area contributed by atoms with Crippen LogP contribution in [0.5, 0.6) is 0 Å².